The molecule has 4 heteroatoms. The molecule has 1 aromatic rings. The van der Waals surface area contributed by atoms with E-state index in [-0.39, 0.29) is 17.6 Å². The van der Waals surface area contributed by atoms with Crippen LogP contribution in [0.5, 0.6) is 0 Å². The number of hydrogen-bond acceptors (Lipinski definition) is 3. The molecule has 0 aromatic heterocycles. The normalized spacial score (nSPS) is 21.4. The fourth-order valence-electron chi connectivity index (χ4n) is 3.11. The average molecular weight is 347 g/mol. The summed E-state index contributed by atoms with van der Waals surface area (Å²) < 4.78 is 4.55. The van der Waals surface area contributed by atoms with E-state index in [9.17, 15) is 9.59 Å². The second-order valence-electron chi connectivity index (χ2n) is 7.78. The largest absolute Gasteiger partial charge is 0.462 e. The van der Waals surface area contributed by atoms with E-state index >= 15 is 0 Å². The van der Waals surface area contributed by atoms with E-state index in [0.717, 1.165) is 19.4 Å². The number of carbonyl (C=O) groups is 2. The first kappa shape index (κ1) is 21.2. The Morgan fingerprint density at radius 3 is 2.32 bits per heavy atom. The predicted molar refractivity (Wildman–Crippen MR) is 101 cm³/mol. The average Bonchev–Trinajstić information content (AvgIpc) is 2.83. The Kier molecular flexibility index (Phi) is 8.14. The molecule has 0 spiro atoms. The van der Waals surface area contributed by atoms with Gasteiger partial charge in [-0.25, -0.2) is 0 Å². The smallest absolute Gasteiger partial charge is 0.293 e. The number of benzene rings is 1. The van der Waals surface area contributed by atoms with E-state index in [1.807, 2.05) is 39.0 Å². The number of rotatable bonds is 5. The summed E-state index contributed by atoms with van der Waals surface area (Å²) in [5.41, 5.74) is 0.914. The molecule has 1 aliphatic rings. The molecule has 140 valence electrons. The lowest BCUT2D eigenvalue weighted by atomic mass is 9.93. The third-order valence-electron chi connectivity index (χ3n) is 4.52. The van der Waals surface area contributed by atoms with Gasteiger partial charge in [0.25, 0.3) is 6.47 Å². The van der Waals surface area contributed by atoms with Gasteiger partial charge in [-0.15, -0.1) is 0 Å². The molecular formula is C21H33NO3. The van der Waals surface area contributed by atoms with E-state index in [1.165, 1.54) is 5.56 Å². The first-order chi connectivity index (χ1) is 11.7. The molecule has 1 fully saturated rings. The van der Waals surface area contributed by atoms with Crippen LogP contribution in [-0.2, 0) is 14.3 Å². The number of likely N-dealkylation sites (tertiary alicyclic amines) is 1. The van der Waals surface area contributed by atoms with Gasteiger partial charge in [0.2, 0.25) is 5.91 Å². The zero-order chi connectivity index (χ0) is 19.0. The van der Waals surface area contributed by atoms with Crippen LogP contribution >= 0.6 is 0 Å². The number of carbonyl (C=O) groups excluding carboxylic acids is 2. The predicted octanol–water partition coefficient (Wildman–Crippen LogP) is 4.60. The van der Waals surface area contributed by atoms with Crippen LogP contribution < -0.4 is 0 Å². The highest BCUT2D eigenvalue weighted by molar-refractivity contribution is 5.81. The molecular weight excluding hydrogens is 314 g/mol. The second kappa shape index (κ2) is 9.59. The van der Waals surface area contributed by atoms with Gasteiger partial charge in [0, 0.05) is 12.5 Å². The lowest BCUT2D eigenvalue weighted by Gasteiger charge is -2.25. The molecule has 1 heterocycles. The van der Waals surface area contributed by atoms with E-state index < -0.39 is 0 Å². The fraction of sp³-hybridized carbons (Fsp3) is 0.619. The second-order valence-corrected chi connectivity index (χ2v) is 7.78. The van der Waals surface area contributed by atoms with E-state index in [2.05, 4.69) is 42.5 Å². The van der Waals surface area contributed by atoms with Crippen molar-refractivity contribution in [1.29, 1.82) is 0 Å². The molecule has 3 unspecified atom stereocenters. The summed E-state index contributed by atoms with van der Waals surface area (Å²) in [6, 6.07) is 10.5. The molecule has 1 aromatic carbocycles. The standard InChI is InChI=1S/C16H23NO.C5H10O2/c1-4-8-15-12(2)11-17(16(15)18)13(3)14-9-6-5-7-10-14;1-5(2,3)7-4-6/h5-7,9-10,12-13,15H,4,8,11H2,1-3H3;4H,1-3H3. The van der Waals surface area contributed by atoms with Crippen LogP contribution in [-0.4, -0.2) is 29.4 Å². The lowest BCUT2D eigenvalue weighted by molar-refractivity contribution is -0.138. The minimum atomic E-state index is -0.318. The van der Waals surface area contributed by atoms with Crippen molar-refractivity contribution in [1.82, 2.24) is 4.90 Å². The van der Waals surface area contributed by atoms with Gasteiger partial charge in [-0.2, -0.15) is 0 Å². The maximum Gasteiger partial charge on any atom is 0.293 e. The molecule has 3 atom stereocenters. The quantitative estimate of drug-likeness (QED) is 0.731. The Balaban J connectivity index is 0.000000381. The summed E-state index contributed by atoms with van der Waals surface area (Å²) in [4.78, 5) is 24.1. The molecule has 2 rings (SSSR count). The Bertz CT molecular complexity index is 536. The highest BCUT2D eigenvalue weighted by Crippen LogP contribution is 2.34. The summed E-state index contributed by atoms with van der Waals surface area (Å²) in [5.74, 6) is 1.07. The molecule has 4 nitrogen and oxygen atoms in total. The Hall–Kier alpha value is -1.84. The number of nitrogens with zero attached hydrogens (tertiary/aromatic N) is 1. The van der Waals surface area contributed by atoms with Crippen molar-refractivity contribution < 1.29 is 14.3 Å². The highest BCUT2D eigenvalue weighted by Gasteiger charge is 2.39. The maximum absolute atomic E-state index is 12.4. The van der Waals surface area contributed by atoms with Crippen LogP contribution in [0.2, 0.25) is 0 Å². The first-order valence-corrected chi connectivity index (χ1v) is 9.18. The van der Waals surface area contributed by atoms with Gasteiger partial charge in [0.1, 0.15) is 5.60 Å². The van der Waals surface area contributed by atoms with Gasteiger partial charge in [-0.05, 0) is 45.6 Å². The van der Waals surface area contributed by atoms with Crippen LogP contribution in [0.15, 0.2) is 30.3 Å². The van der Waals surface area contributed by atoms with Crippen molar-refractivity contribution >= 4 is 12.4 Å². The van der Waals surface area contributed by atoms with Gasteiger partial charge in [0.05, 0.1) is 6.04 Å². The zero-order valence-electron chi connectivity index (χ0n) is 16.5. The third-order valence-corrected chi connectivity index (χ3v) is 4.52. The Labute approximate surface area is 152 Å². The summed E-state index contributed by atoms with van der Waals surface area (Å²) in [6.45, 7) is 13.3. The van der Waals surface area contributed by atoms with E-state index in [4.69, 9.17) is 0 Å². The van der Waals surface area contributed by atoms with E-state index in [1.54, 1.807) is 0 Å². The van der Waals surface area contributed by atoms with Crippen LogP contribution in [0.3, 0.4) is 0 Å². The van der Waals surface area contributed by atoms with Crippen molar-refractivity contribution in [3.63, 3.8) is 0 Å². The van der Waals surface area contributed by atoms with Crippen molar-refractivity contribution in [2.75, 3.05) is 6.54 Å². The highest BCUT2D eigenvalue weighted by atomic mass is 16.5. The molecule has 0 bridgehead atoms. The molecule has 1 aliphatic heterocycles. The SMILES string of the molecule is CC(C)(C)OC=O.CCCC1C(=O)N(C(C)c2ccccc2)CC1C. The fourth-order valence-corrected chi connectivity index (χ4v) is 3.11. The van der Waals surface area contributed by atoms with Crippen molar-refractivity contribution in [3.05, 3.63) is 35.9 Å². The van der Waals surface area contributed by atoms with Gasteiger partial charge < -0.3 is 9.64 Å². The van der Waals surface area contributed by atoms with E-state index in [0.29, 0.717) is 18.3 Å². The van der Waals surface area contributed by atoms with Crippen molar-refractivity contribution in [2.45, 2.75) is 66.0 Å². The maximum atomic E-state index is 12.4. The molecule has 25 heavy (non-hydrogen) atoms. The van der Waals surface area contributed by atoms with Crippen LogP contribution in [0.25, 0.3) is 0 Å². The number of amides is 1. The molecule has 0 aliphatic carbocycles. The van der Waals surface area contributed by atoms with Gasteiger partial charge in [-0.3, -0.25) is 9.59 Å². The van der Waals surface area contributed by atoms with Crippen LogP contribution in [0, 0.1) is 11.8 Å². The summed E-state index contributed by atoms with van der Waals surface area (Å²) in [6.07, 6.45) is 2.12. The molecule has 1 saturated heterocycles. The van der Waals surface area contributed by atoms with Crippen molar-refractivity contribution in [2.24, 2.45) is 11.8 Å². The summed E-state index contributed by atoms with van der Waals surface area (Å²) in [5, 5.41) is 0. The van der Waals surface area contributed by atoms with Crippen LogP contribution in [0.4, 0.5) is 0 Å². The summed E-state index contributed by atoms with van der Waals surface area (Å²) in [7, 11) is 0. The lowest BCUT2D eigenvalue weighted by Crippen LogP contribution is -2.30. The molecule has 0 radical (unpaired) electrons. The number of ether oxygens (including phenoxy) is 1. The van der Waals surface area contributed by atoms with Crippen LogP contribution in [0.1, 0.15) is 66.0 Å². The zero-order valence-corrected chi connectivity index (χ0v) is 16.5. The van der Waals surface area contributed by atoms with Crippen molar-refractivity contribution in [3.8, 4) is 0 Å². The summed E-state index contributed by atoms with van der Waals surface area (Å²) >= 11 is 0. The number of hydrogen-bond donors (Lipinski definition) is 0. The molecule has 0 N–H and O–H groups in total. The Morgan fingerprint density at radius 2 is 1.88 bits per heavy atom. The Morgan fingerprint density at radius 1 is 1.28 bits per heavy atom. The minimum absolute atomic E-state index is 0.197. The molecule has 0 saturated carbocycles. The first-order valence-electron chi connectivity index (χ1n) is 9.18. The van der Waals surface area contributed by atoms with Gasteiger partial charge in [0.15, 0.2) is 0 Å². The minimum Gasteiger partial charge on any atom is -0.462 e. The van der Waals surface area contributed by atoms with Gasteiger partial charge in [-0.1, -0.05) is 50.6 Å². The monoisotopic (exact) mass is 347 g/mol. The third kappa shape index (κ3) is 6.52. The van der Waals surface area contributed by atoms with Gasteiger partial charge >= 0.3 is 0 Å². The molecule has 1 amide bonds. The topological polar surface area (TPSA) is 46.6 Å².